The maximum absolute atomic E-state index is 12.9. The van der Waals surface area contributed by atoms with E-state index >= 15 is 0 Å². The van der Waals surface area contributed by atoms with Crippen LogP contribution in [-0.2, 0) is 16.1 Å². The molecule has 1 saturated heterocycles. The van der Waals surface area contributed by atoms with Gasteiger partial charge in [-0.3, -0.25) is 14.5 Å². The summed E-state index contributed by atoms with van der Waals surface area (Å²) in [6, 6.07) is 15.7. The fourth-order valence-corrected chi connectivity index (χ4v) is 4.31. The van der Waals surface area contributed by atoms with E-state index in [1.807, 2.05) is 48.5 Å². The van der Waals surface area contributed by atoms with Gasteiger partial charge in [0.25, 0.3) is 0 Å². The summed E-state index contributed by atoms with van der Waals surface area (Å²) in [5.74, 6) is -0.171. The quantitative estimate of drug-likeness (QED) is 0.809. The van der Waals surface area contributed by atoms with E-state index < -0.39 is 0 Å². The van der Waals surface area contributed by atoms with Crippen molar-refractivity contribution in [2.45, 2.75) is 25.9 Å². The molecular weight excluding hydrogens is 388 g/mol. The molecule has 0 radical (unpaired) electrons. The molecule has 2 aliphatic rings. The SMILES string of the molecule is CC(=O)N1C=Cc2ccccc2C1CC(=O)Nc1cccc(CN2CCN(C)CC2)c1. The van der Waals surface area contributed by atoms with Gasteiger partial charge in [-0.1, -0.05) is 36.4 Å². The highest BCUT2D eigenvalue weighted by atomic mass is 16.2. The number of carbonyl (C=O) groups is 2. The zero-order valence-corrected chi connectivity index (χ0v) is 18.3. The highest BCUT2D eigenvalue weighted by molar-refractivity contribution is 5.92. The van der Waals surface area contributed by atoms with Crippen LogP contribution in [0.4, 0.5) is 5.69 Å². The summed E-state index contributed by atoms with van der Waals surface area (Å²) in [6.07, 6.45) is 3.91. The van der Waals surface area contributed by atoms with Crippen molar-refractivity contribution < 1.29 is 9.59 Å². The van der Waals surface area contributed by atoms with Crippen LogP contribution in [0.15, 0.2) is 54.7 Å². The third kappa shape index (κ3) is 5.21. The molecule has 2 aromatic carbocycles. The molecule has 0 saturated carbocycles. The van der Waals surface area contributed by atoms with Crippen LogP contribution in [0.1, 0.15) is 36.1 Å². The van der Waals surface area contributed by atoms with Crippen molar-refractivity contribution in [3.05, 3.63) is 71.4 Å². The van der Waals surface area contributed by atoms with Crippen molar-refractivity contribution in [3.63, 3.8) is 0 Å². The van der Waals surface area contributed by atoms with Gasteiger partial charge < -0.3 is 15.1 Å². The van der Waals surface area contributed by atoms with Gasteiger partial charge in [0.15, 0.2) is 0 Å². The second kappa shape index (κ2) is 9.45. The smallest absolute Gasteiger partial charge is 0.226 e. The standard InChI is InChI=1S/C25H30N4O2/c1-19(30)29-11-10-21-7-3-4-9-23(21)24(29)17-25(31)26-22-8-5-6-20(16-22)18-28-14-12-27(2)13-15-28/h3-11,16,24H,12-15,17-18H2,1-2H3,(H,26,31). The molecule has 0 bridgehead atoms. The molecule has 0 aromatic heterocycles. The average molecular weight is 419 g/mol. The second-order valence-electron chi connectivity index (χ2n) is 8.42. The van der Waals surface area contributed by atoms with Gasteiger partial charge in [0.05, 0.1) is 12.5 Å². The summed E-state index contributed by atoms with van der Waals surface area (Å²) in [5.41, 5.74) is 4.04. The van der Waals surface area contributed by atoms with Crippen LogP contribution in [0.3, 0.4) is 0 Å². The Morgan fingerprint density at radius 2 is 1.81 bits per heavy atom. The third-order valence-electron chi connectivity index (χ3n) is 6.06. The van der Waals surface area contributed by atoms with Crippen LogP contribution < -0.4 is 5.32 Å². The monoisotopic (exact) mass is 418 g/mol. The van der Waals surface area contributed by atoms with E-state index in [4.69, 9.17) is 0 Å². The highest BCUT2D eigenvalue weighted by Crippen LogP contribution is 2.33. The van der Waals surface area contributed by atoms with Gasteiger partial charge in [0.1, 0.15) is 0 Å². The van der Waals surface area contributed by atoms with E-state index in [0.717, 1.165) is 49.5 Å². The normalized spacial score (nSPS) is 19.2. The van der Waals surface area contributed by atoms with Gasteiger partial charge in [0, 0.05) is 51.5 Å². The van der Waals surface area contributed by atoms with Crippen LogP contribution in [0.5, 0.6) is 0 Å². The van der Waals surface area contributed by atoms with Crippen LogP contribution in [0.25, 0.3) is 6.08 Å². The minimum absolute atomic E-state index is 0.0715. The predicted octanol–water partition coefficient (Wildman–Crippen LogP) is 3.34. The lowest BCUT2D eigenvalue weighted by Gasteiger charge is -2.32. The van der Waals surface area contributed by atoms with E-state index in [-0.39, 0.29) is 24.3 Å². The third-order valence-corrected chi connectivity index (χ3v) is 6.06. The molecule has 6 nitrogen and oxygen atoms in total. The van der Waals surface area contributed by atoms with Crippen LogP contribution >= 0.6 is 0 Å². The van der Waals surface area contributed by atoms with E-state index in [1.165, 1.54) is 12.5 Å². The molecule has 0 aliphatic carbocycles. The number of hydrogen-bond donors (Lipinski definition) is 1. The van der Waals surface area contributed by atoms with Crippen LogP contribution in [-0.4, -0.2) is 59.7 Å². The molecule has 0 spiro atoms. The fraction of sp³-hybridized carbons (Fsp3) is 0.360. The zero-order valence-electron chi connectivity index (χ0n) is 18.3. The van der Waals surface area contributed by atoms with Crippen molar-refractivity contribution in [2.75, 3.05) is 38.5 Å². The molecule has 4 rings (SSSR count). The Balaban J connectivity index is 1.42. The summed E-state index contributed by atoms with van der Waals surface area (Å²) in [4.78, 5) is 31.5. The van der Waals surface area contributed by atoms with Crippen molar-refractivity contribution in [2.24, 2.45) is 0 Å². The molecule has 1 N–H and O–H groups in total. The van der Waals surface area contributed by atoms with E-state index in [2.05, 4.69) is 28.2 Å². The molecule has 1 unspecified atom stereocenters. The molecule has 6 heteroatoms. The summed E-state index contributed by atoms with van der Waals surface area (Å²) in [7, 11) is 2.15. The summed E-state index contributed by atoms with van der Waals surface area (Å²) < 4.78 is 0. The topological polar surface area (TPSA) is 55.9 Å². The maximum Gasteiger partial charge on any atom is 0.226 e. The van der Waals surface area contributed by atoms with Crippen molar-refractivity contribution in [3.8, 4) is 0 Å². The number of nitrogens with one attached hydrogen (secondary N) is 1. The lowest BCUT2D eigenvalue weighted by Crippen LogP contribution is -2.43. The molecule has 2 aliphatic heterocycles. The van der Waals surface area contributed by atoms with Gasteiger partial charge in [-0.2, -0.15) is 0 Å². The van der Waals surface area contributed by atoms with Crippen molar-refractivity contribution >= 4 is 23.6 Å². The number of nitrogens with zero attached hydrogens (tertiary/aromatic N) is 3. The van der Waals surface area contributed by atoms with Gasteiger partial charge in [0.2, 0.25) is 11.8 Å². The van der Waals surface area contributed by atoms with Gasteiger partial charge in [-0.05, 0) is 41.9 Å². The molecule has 2 amide bonds. The lowest BCUT2D eigenvalue weighted by molar-refractivity contribution is -0.129. The molecule has 2 aromatic rings. The minimum Gasteiger partial charge on any atom is -0.326 e. The fourth-order valence-electron chi connectivity index (χ4n) is 4.31. The molecular formula is C25H30N4O2. The number of anilines is 1. The molecule has 31 heavy (non-hydrogen) atoms. The molecule has 1 atom stereocenters. The Kier molecular flexibility index (Phi) is 6.49. The largest absolute Gasteiger partial charge is 0.326 e. The Morgan fingerprint density at radius 1 is 1.03 bits per heavy atom. The Labute approximate surface area is 184 Å². The van der Waals surface area contributed by atoms with Gasteiger partial charge in [-0.15, -0.1) is 0 Å². The molecule has 162 valence electrons. The van der Waals surface area contributed by atoms with E-state index in [1.54, 1.807) is 11.1 Å². The highest BCUT2D eigenvalue weighted by Gasteiger charge is 2.28. The lowest BCUT2D eigenvalue weighted by atomic mass is 9.93. The Morgan fingerprint density at radius 3 is 2.58 bits per heavy atom. The predicted molar refractivity (Wildman–Crippen MR) is 123 cm³/mol. The van der Waals surface area contributed by atoms with Crippen molar-refractivity contribution in [1.82, 2.24) is 14.7 Å². The van der Waals surface area contributed by atoms with Crippen LogP contribution in [0.2, 0.25) is 0 Å². The first-order valence-corrected chi connectivity index (χ1v) is 10.9. The summed E-state index contributed by atoms with van der Waals surface area (Å²) in [5, 5.41) is 3.04. The number of fused-ring (bicyclic) bond motifs is 1. The van der Waals surface area contributed by atoms with Crippen molar-refractivity contribution in [1.29, 1.82) is 0 Å². The second-order valence-corrected chi connectivity index (χ2v) is 8.42. The Bertz CT molecular complexity index is 979. The number of piperazine rings is 1. The minimum atomic E-state index is -0.299. The number of carbonyl (C=O) groups excluding carboxylic acids is 2. The van der Waals surface area contributed by atoms with Gasteiger partial charge in [-0.25, -0.2) is 0 Å². The maximum atomic E-state index is 12.9. The number of benzene rings is 2. The first-order chi connectivity index (χ1) is 15.0. The van der Waals surface area contributed by atoms with Gasteiger partial charge >= 0.3 is 0 Å². The molecule has 2 heterocycles. The number of amides is 2. The number of rotatable bonds is 5. The Hall–Kier alpha value is -2.96. The first-order valence-electron chi connectivity index (χ1n) is 10.9. The average Bonchev–Trinajstić information content (AvgIpc) is 2.75. The first kappa shape index (κ1) is 21.3. The van der Waals surface area contributed by atoms with E-state index in [9.17, 15) is 9.59 Å². The van der Waals surface area contributed by atoms with Crippen LogP contribution in [0, 0.1) is 0 Å². The summed E-state index contributed by atoms with van der Waals surface area (Å²) >= 11 is 0. The number of hydrogen-bond acceptors (Lipinski definition) is 4. The number of likely N-dealkylation sites (N-methyl/N-ethyl adjacent to an activating group) is 1. The zero-order chi connectivity index (χ0) is 21.8. The van der Waals surface area contributed by atoms with E-state index in [0.29, 0.717) is 0 Å². The summed E-state index contributed by atoms with van der Waals surface area (Å²) in [6.45, 7) is 6.70. The molecule has 1 fully saturated rings.